The molecule has 1 saturated heterocycles. The van der Waals surface area contributed by atoms with Crippen LogP contribution in [0.3, 0.4) is 0 Å². The van der Waals surface area contributed by atoms with E-state index in [2.05, 4.69) is 54.4 Å². The van der Waals surface area contributed by atoms with Crippen LogP contribution in [0, 0.1) is 0 Å². The highest BCUT2D eigenvalue weighted by molar-refractivity contribution is 5.14. The topological polar surface area (TPSA) is 15.3 Å². The van der Waals surface area contributed by atoms with Crippen molar-refractivity contribution in [3.63, 3.8) is 0 Å². The number of benzene rings is 1. The number of nitrogens with zero attached hydrogens (tertiary/aromatic N) is 1. The Morgan fingerprint density at radius 2 is 2.06 bits per heavy atom. The van der Waals surface area contributed by atoms with E-state index in [0.29, 0.717) is 5.54 Å². The van der Waals surface area contributed by atoms with E-state index in [1.54, 1.807) is 0 Å². The molecule has 0 bridgehead atoms. The largest absolute Gasteiger partial charge is 0.309 e. The van der Waals surface area contributed by atoms with Crippen molar-refractivity contribution < 1.29 is 0 Å². The highest BCUT2D eigenvalue weighted by Crippen LogP contribution is 2.17. The summed E-state index contributed by atoms with van der Waals surface area (Å²) >= 11 is 0. The van der Waals surface area contributed by atoms with Gasteiger partial charge in [0.2, 0.25) is 0 Å². The van der Waals surface area contributed by atoms with Gasteiger partial charge in [-0.15, -0.1) is 0 Å². The lowest BCUT2D eigenvalue weighted by Crippen LogP contribution is -2.58. The highest BCUT2D eigenvalue weighted by Gasteiger charge is 2.28. The molecule has 0 unspecified atom stereocenters. The Balaban J connectivity index is 1.96. The summed E-state index contributed by atoms with van der Waals surface area (Å²) in [5.74, 6) is 0. The summed E-state index contributed by atoms with van der Waals surface area (Å²) in [5, 5.41) is 3.62. The van der Waals surface area contributed by atoms with E-state index in [0.717, 1.165) is 26.2 Å². The molecule has 1 aromatic rings. The molecule has 2 heteroatoms. The van der Waals surface area contributed by atoms with Gasteiger partial charge in [0, 0.05) is 31.7 Å². The van der Waals surface area contributed by atoms with E-state index < -0.39 is 0 Å². The second-order valence-corrected chi connectivity index (χ2v) is 5.04. The molecule has 1 aliphatic rings. The van der Waals surface area contributed by atoms with Gasteiger partial charge in [-0.2, -0.15) is 0 Å². The van der Waals surface area contributed by atoms with Crippen LogP contribution < -0.4 is 5.32 Å². The molecule has 0 aliphatic carbocycles. The zero-order valence-electron chi connectivity index (χ0n) is 10.4. The molecule has 1 heterocycles. The van der Waals surface area contributed by atoms with Gasteiger partial charge in [-0.1, -0.05) is 37.3 Å². The summed E-state index contributed by atoms with van der Waals surface area (Å²) in [6, 6.07) is 10.8. The van der Waals surface area contributed by atoms with Gasteiger partial charge in [-0.05, 0) is 18.9 Å². The fourth-order valence-corrected chi connectivity index (χ4v) is 2.36. The molecule has 1 fully saturated rings. The third kappa shape index (κ3) is 2.83. The molecule has 88 valence electrons. The summed E-state index contributed by atoms with van der Waals surface area (Å²) in [7, 11) is 0. The van der Waals surface area contributed by atoms with Crippen molar-refractivity contribution in [3.05, 3.63) is 35.9 Å². The summed E-state index contributed by atoms with van der Waals surface area (Å²) in [6.07, 6.45) is 1.19. The first-order valence-corrected chi connectivity index (χ1v) is 6.23. The maximum absolute atomic E-state index is 3.62. The fraction of sp³-hybridized carbons (Fsp3) is 0.571. The molecular formula is C14H22N2. The van der Waals surface area contributed by atoms with Gasteiger partial charge in [0.05, 0.1) is 0 Å². The van der Waals surface area contributed by atoms with Gasteiger partial charge in [0.25, 0.3) is 0 Å². The van der Waals surface area contributed by atoms with Crippen molar-refractivity contribution in [1.82, 2.24) is 10.2 Å². The van der Waals surface area contributed by atoms with Gasteiger partial charge in [0.15, 0.2) is 0 Å². The first-order chi connectivity index (χ1) is 7.72. The van der Waals surface area contributed by atoms with Crippen LogP contribution in [0.5, 0.6) is 0 Å². The Bertz CT molecular complexity index is 323. The quantitative estimate of drug-likeness (QED) is 0.837. The Labute approximate surface area is 98.7 Å². The minimum Gasteiger partial charge on any atom is -0.309 e. The monoisotopic (exact) mass is 218 g/mol. The fourth-order valence-electron chi connectivity index (χ4n) is 2.36. The molecule has 2 nitrogen and oxygen atoms in total. The molecule has 1 aromatic carbocycles. The van der Waals surface area contributed by atoms with Crippen molar-refractivity contribution in [3.8, 4) is 0 Å². The Hall–Kier alpha value is -0.860. The molecule has 1 atom stereocenters. The highest BCUT2D eigenvalue weighted by atomic mass is 15.2. The van der Waals surface area contributed by atoms with Crippen LogP contribution in [0.15, 0.2) is 30.3 Å². The van der Waals surface area contributed by atoms with Crippen LogP contribution in [-0.2, 0) is 6.54 Å². The lowest BCUT2D eigenvalue weighted by Gasteiger charge is -2.41. The zero-order valence-corrected chi connectivity index (χ0v) is 10.4. The number of hydrogen-bond donors (Lipinski definition) is 1. The lowest BCUT2D eigenvalue weighted by atomic mass is 9.95. The van der Waals surface area contributed by atoms with Crippen LogP contribution >= 0.6 is 0 Å². The number of nitrogens with one attached hydrogen (secondary N) is 1. The van der Waals surface area contributed by atoms with Gasteiger partial charge >= 0.3 is 0 Å². The molecule has 0 radical (unpaired) electrons. The predicted molar refractivity (Wildman–Crippen MR) is 68.4 cm³/mol. The number of piperazine rings is 1. The zero-order chi connectivity index (χ0) is 11.4. The van der Waals surface area contributed by atoms with E-state index in [4.69, 9.17) is 0 Å². The van der Waals surface area contributed by atoms with Crippen molar-refractivity contribution in [2.24, 2.45) is 0 Å². The van der Waals surface area contributed by atoms with Crippen LogP contribution in [0.1, 0.15) is 25.8 Å². The van der Waals surface area contributed by atoms with Gasteiger partial charge in [-0.3, -0.25) is 4.90 Å². The van der Waals surface area contributed by atoms with Gasteiger partial charge < -0.3 is 5.32 Å². The van der Waals surface area contributed by atoms with E-state index in [-0.39, 0.29) is 0 Å². The van der Waals surface area contributed by atoms with Gasteiger partial charge in [0.1, 0.15) is 0 Å². The minimum absolute atomic E-state index is 0.299. The summed E-state index contributed by atoms with van der Waals surface area (Å²) < 4.78 is 0. The molecule has 0 amide bonds. The first kappa shape index (κ1) is 11.6. The smallest absolute Gasteiger partial charge is 0.0278 e. The maximum Gasteiger partial charge on any atom is 0.0278 e. The second kappa shape index (κ2) is 4.98. The summed E-state index contributed by atoms with van der Waals surface area (Å²) in [6.45, 7) is 9.08. The van der Waals surface area contributed by atoms with Crippen molar-refractivity contribution in [2.45, 2.75) is 32.4 Å². The van der Waals surface area contributed by atoms with Gasteiger partial charge in [-0.25, -0.2) is 0 Å². The number of rotatable bonds is 3. The second-order valence-electron chi connectivity index (χ2n) is 5.04. The van der Waals surface area contributed by atoms with Crippen molar-refractivity contribution in [2.75, 3.05) is 19.6 Å². The van der Waals surface area contributed by atoms with Crippen LogP contribution in [0.2, 0.25) is 0 Å². The summed E-state index contributed by atoms with van der Waals surface area (Å²) in [4.78, 5) is 2.55. The molecule has 0 spiro atoms. The lowest BCUT2D eigenvalue weighted by molar-refractivity contribution is 0.133. The van der Waals surface area contributed by atoms with Crippen LogP contribution in [-0.4, -0.2) is 30.1 Å². The maximum atomic E-state index is 3.62. The van der Waals surface area contributed by atoms with E-state index in [1.165, 1.54) is 12.0 Å². The SMILES string of the molecule is CC[C@@]1(C)CN(Cc2ccccc2)CCN1. The molecule has 0 saturated carbocycles. The standard InChI is InChI=1S/C14H22N2/c1-3-14(2)12-16(10-9-15-14)11-13-7-5-4-6-8-13/h4-8,15H,3,9-12H2,1-2H3/t14-/m0/s1. The number of hydrogen-bond acceptors (Lipinski definition) is 2. The first-order valence-electron chi connectivity index (χ1n) is 6.23. The van der Waals surface area contributed by atoms with Crippen LogP contribution in [0.4, 0.5) is 0 Å². The van der Waals surface area contributed by atoms with Crippen LogP contribution in [0.25, 0.3) is 0 Å². The van der Waals surface area contributed by atoms with E-state index in [1.807, 2.05) is 0 Å². The molecule has 1 aliphatic heterocycles. The summed E-state index contributed by atoms with van der Waals surface area (Å²) in [5.41, 5.74) is 1.72. The molecule has 2 rings (SSSR count). The van der Waals surface area contributed by atoms with Crippen molar-refractivity contribution in [1.29, 1.82) is 0 Å². The predicted octanol–water partition coefficient (Wildman–Crippen LogP) is 2.26. The Kier molecular flexibility index (Phi) is 3.62. The average Bonchev–Trinajstić information content (AvgIpc) is 2.30. The molecule has 16 heavy (non-hydrogen) atoms. The minimum atomic E-state index is 0.299. The average molecular weight is 218 g/mol. The van der Waals surface area contributed by atoms with E-state index in [9.17, 15) is 0 Å². The Morgan fingerprint density at radius 3 is 2.75 bits per heavy atom. The third-order valence-electron chi connectivity index (χ3n) is 3.58. The molecule has 1 N–H and O–H groups in total. The normalized spacial score (nSPS) is 26.9. The third-order valence-corrected chi connectivity index (χ3v) is 3.58. The van der Waals surface area contributed by atoms with E-state index >= 15 is 0 Å². The molecular weight excluding hydrogens is 196 g/mol. The molecule has 0 aromatic heterocycles. The van der Waals surface area contributed by atoms with Crippen molar-refractivity contribution >= 4 is 0 Å². The Morgan fingerprint density at radius 1 is 1.31 bits per heavy atom.